The highest BCUT2D eigenvalue weighted by Gasteiger charge is 2.46. The first-order chi connectivity index (χ1) is 16.5. The van der Waals surface area contributed by atoms with Crippen LogP contribution in [0.15, 0.2) is 40.9 Å². The largest absolute Gasteiger partial charge is 0.490 e. The molecule has 0 radical (unpaired) electrons. The van der Waals surface area contributed by atoms with Gasteiger partial charge in [-0.15, -0.1) is 0 Å². The lowest BCUT2D eigenvalue weighted by atomic mass is 10.0. The van der Waals surface area contributed by atoms with Crippen LogP contribution in [0.4, 0.5) is 0 Å². The van der Waals surface area contributed by atoms with Crippen molar-refractivity contribution in [1.29, 1.82) is 5.26 Å². The van der Waals surface area contributed by atoms with Crippen molar-refractivity contribution in [2.24, 2.45) is 5.92 Å². The summed E-state index contributed by atoms with van der Waals surface area (Å²) in [5, 5.41) is 13.7. The summed E-state index contributed by atoms with van der Waals surface area (Å²) in [7, 11) is 0. The highest BCUT2D eigenvalue weighted by Crippen LogP contribution is 2.49. The molecule has 0 bridgehead atoms. The third-order valence-electron chi connectivity index (χ3n) is 6.40. The second kappa shape index (κ2) is 8.75. The molecular weight excluding hydrogens is 432 g/mol. The lowest BCUT2D eigenvalue weighted by Crippen LogP contribution is -2.29. The molecule has 0 saturated carbocycles. The number of hydrogen-bond acceptors (Lipinski definition) is 7. The van der Waals surface area contributed by atoms with Gasteiger partial charge in [0.1, 0.15) is 18.1 Å². The van der Waals surface area contributed by atoms with Gasteiger partial charge in [0.25, 0.3) is 5.89 Å². The molecule has 1 amide bonds. The molecule has 1 aliphatic heterocycles. The number of ether oxygens (including phenoxy) is 1. The van der Waals surface area contributed by atoms with E-state index in [0.717, 1.165) is 29.4 Å². The van der Waals surface area contributed by atoms with Crippen LogP contribution < -0.4 is 4.74 Å². The van der Waals surface area contributed by atoms with Crippen molar-refractivity contribution in [1.82, 2.24) is 15.0 Å². The number of carbonyl (C=O) groups excluding carboxylic acids is 2. The van der Waals surface area contributed by atoms with Crippen LogP contribution in [0.1, 0.15) is 49.4 Å². The van der Waals surface area contributed by atoms with E-state index in [2.05, 4.69) is 16.2 Å². The first-order valence-corrected chi connectivity index (χ1v) is 11.4. The van der Waals surface area contributed by atoms with Crippen LogP contribution in [0.25, 0.3) is 22.8 Å². The zero-order chi connectivity index (χ0) is 23.8. The van der Waals surface area contributed by atoms with E-state index < -0.39 is 0 Å². The fraction of sp³-hybridized carbons (Fsp3) is 0.346. The van der Waals surface area contributed by atoms with Gasteiger partial charge in [0.2, 0.25) is 11.7 Å². The molecule has 5 rings (SSSR count). The molecule has 1 saturated heterocycles. The van der Waals surface area contributed by atoms with E-state index in [-0.39, 0.29) is 24.0 Å². The van der Waals surface area contributed by atoms with E-state index >= 15 is 0 Å². The van der Waals surface area contributed by atoms with Crippen molar-refractivity contribution < 1.29 is 18.8 Å². The molecule has 0 N–H and O–H groups in total. The molecule has 1 fully saturated rings. The SMILES string of the molecule is CC(C)Oc1ccc(-c2nc(-c3cccc4c3CC3CC(=O)N(CCC=O)C43)no2)cc1C#N. The van der Waals surface area contributed by atoms with Gasteiger partial charge in [-0.25, -0.2) is 0 Å². The molecule has 2 heterocycles. The maximum Gasteiger partial charge on any atom is 0.258 e. The molecule has 0 spiro atoms. The van der Waals surface area contributed by atoms with Crippen LogP contribution in [0.3, 0.4) is 0 Å². The Balaban J connectivity index is 1.46. The third kappa shape index (κ3) is 3.73. The molecule has 2 aromatic carbocycles. The quantitative estimate of drug-likeness (QED) is 0.492. The first kappa shape index (κ1) is 21.8. The summed E-state index contributed by atoms with van der Waals surface area (Å²) >= 11 is 0. The predicted molar refractivity (Wildman–Crippen MR) is 123 cm³/mol. The average molecular weight is 457 g/mol. The Labute approximate surface area is 197 Å². The Hall–Kier alpha value is -3.99. The highest BCUT2D eigenvalue weighted by atomic mass is 16.5. The number of hydrogen-bond donors (Lipinski definition) is 0. The van der Waals surface area contributed by atoms with E-state index in [4.69, 9.17) is 9.26 Å². The molecule has 172 valence electrons. The predicted octanol–water partition coefficient (Wildman–Crippen LogP) is 4.10. The van der Waals surface area contributed by atoms with Crippen LogP contribution in [0.2, 0.25) is 0 Å². The maximum atomic E-state index is 12.5. The molecule has 2 aliphatic rings. The Kier molecular flexibility index (Phi) is 5.62. The van der Waals surface area contributed by atoms with Crippen LogP contribution in [-0.4, -0.2) is 39.9 Å². The molecule has 1 aromatic heterocycles. The van der Waals surface area contributed by atoms with Crippen LogP contribution in [0, 0.1) is 17.2 Å². The number of rotatable bonds is 7. The van der Waals surface area contributed by atoms with E-state index in [9.17, 15) is 14.9 Å². The fourth-order valence-electron chi connectivity index (χ4n) is 5.06. The van der Waals surface area contributed by atoms with Crippen LogP contribution in [0.5, 0.6) is 5.75 Å². The smallest absolute Gasteiger partial charge is 0.258 e. The molecule has 3 aromatic rings. The van der Waals surface area contributed by atoms with Crippen molar-refractivity contribution in [3.05, 3.63) is 53.1 Å². The lowest BCUT2D eigenvalue weighted by molar-refractivity contribution is -0.129. The summed E-state index contributed by atoms with van der Waals surface area (Å²) in [6.07, 6.45) is 2.38. The molecule has 2 atom stereocenters. The van der Waals surface area contributed by atoms with Crippen molar-refractivity contribution in [3.8, 4) is 34.7 Å². The minimum atomic E-state index is -0.0442. The standard InChI is InChI=1S/C26H24N4O4/c1-15(2)33-22-8-7-16(11-18(22)14-27)26-28-25(29-34-26)20-6-3-5-19-21(20)12-17-13-23(32)30(24(17)19)9-4-10-31/h3,5-8,10-11,15,17,24H,4,9,12-13H2,1-2H3. The second-order valence-electron chi connectivity index (χ2n) is 8.94. The van der Waals surface area contributed by atoms with Crippen molar-refractivity contribution in [2.75, 3.05) is 6.54 Å². The van der Waals surface area contributed by atoms with Crippen molar-refractivity contribution in [3.63, 3.8) is 0 Å². The molecule has 2 unspecified atom stereocenters. The minimum Gasteiger partial charge on any atom is -0.490 e. The van der Waals surface area contributed by atoms with Gasteiger partial charge in [-0.1, -0.05) is 23.4 Å². The van der Waals surface area contributed by atoms with Crippen LogP contribution in [-0.2, 0) is 16.0 Å². The number of likely N-dealkylation sites (tertiary alicyclic amines) is 1. The Morgan fingerprint density at radius 1 is 1.29 bits per heavy atom. The van der Waals surface area contributed by atoms with Gasteiger partial charge >= 0.3 is 0 Å². The monoisotopic (exact) mass is 456 g/mol. The van der Waals surface area contributed by atoms with Gasteiger partial charge < -0.3 is 19.0 Å². The number of nitriles is 1. The maximum absolute atomic E-state index is 12.5. The topological polar surface area (TPSA) is 109 Å². The molecule has 34 heavy (non-hydrogen) atoms. The zero-order valence-electron chi connectivity index (χ0n) is 19.0. The Morgan fingerprint density at radius 3 is 2.91 bits per heavy atom. The summed E-state index contributed by atoms with van der Waals surface area (Å²) in [6, 6.07) is 13.3. The summed E-state index contributed by atoms with van der Waals surface area (Å²) in [5.41, 5.74) is 4.13. The van der Waals surface area contributed by atoms with Gasteiger partial charge in [0.05, 0.1) is 17.7 Å². The van der Waals surface area contributed by atoms with E-state index in [1.807, 2.05) is 36.9 Å². The average Bonchev–Trinajstić information content (AvgIpc) is 3.51. The Bertz CT molecular complexity index is 1310. The molecule has 8 nitrogen and oxygen atoms in total. The number of aromatic nitrogens is 2. The Morgan fingerprint density at radius 2 is 2.15 bits per heavy atom. The lowest BCUT2D eigenvalue weighted by Gasteiger charge is -2.24. The fourth-order valence-corrected chi connectivity index (χ4v) is 5.06. The van der Waals surface area contributed by atoms with Gasteiger partial charge in [0.15, 0.2) is 0 Å². The van der Waals surface area contributed by atoms with Gasteiger partial charge in [0, 0.05) is 30.5 Å². The van der Waals surface area contributed by atoms with E-state index in [1.165, 1.54) is 0 Å². The molecular formula is C26H24N4O4. The normalized spacial score (nSPS) is 18.6. The number of fused-ring (bicyclic) bond motifs is 3. The van der Waals surface area contributed by atoms with Crippen molar-refractivity contribution >= 4 is 12.2 Å². The third-order valence-corrected chi connectivity index (χ3v) is 6.40. The highest BCUT2D eigenvalue weighted by molar-refractivity contribution is 5.81. The number of benzene rings is 2. The summed E-state index contributed by atoms with van der Waals surface area (Å²) in [4.78, 5) is 29.8. The number of amides is 1. The van der Waals surface area contributed by atoms with Gasteiger partial charge in [-0.3, -0.25) is 4.79 Å². The second-order valence-corrected chi connectivity index (χ2v) is 8.94. The zero-order valence-corrected chi connectivity index (χ0v) is 19.0. The molecule has 1 aliphatic carbocycles. The summed E-state index contributed by atoms with van der Waals surface area (Å²) in [5.74, 6) is 1.60. The number of carbonyl (C=O) groups is 2. The van der Waals surface area contributed by atoms with Gasteiger partial charge in [-0.2, -0.15) is 10.2 Å². The van der Waals surface area contributed by atoms with E-state index in [1.54, 1.807) is 18.2 Å². The number of aldehydes is 1. The van der Waals surface area contributed by atoms with E-state index in [0.29, 0.717) is 48.0 Å². The first-order valence-electron chi connectivity index (χ1n) is 11.4. The summed E-state index contributed by atoms with van der Waals surface area (Å²) in [6.45, 7) is 4.25. The molecule has 8 heteroatoms. The van der Waals surface area contributed by atoms with Crippen LogP contribution >= 0.6 is 0 Å². The minimum absolute atomic E-state index is 0.0135. The number of nitrogens with zero attached hydrogens (tertiary/aromatic N) is 4. The van der Waals surface area contributed by atoms with Gasteiger partial charge in [-0.05, 0) is 55.5 Å². The summed E-state index contributed by atoms with van der Waals surface area (Å²) < 4.78 is 11.2. The van der Waals surface area contributed by atoms with Crippen molar-refractivity contribution in [2.45, 2.75) is 45.3 Å².